The normalized spacial score (nSPS) is 23.6. The molecule has 2 N–H and O–H groups in total. The number of aliphatic carboxylic acids is 1. The molecule has 3 aliphatic rings. The quantitative estimate of drug-likeness (QED) is 0.682. The van der Waals surface area contributed by atoms with Crippen molar-refractivity contribution in [1.29, 1.82) is 5.26 Å². The Morgan fingerprint density at radius 3 is 2.47 bits per heavy atom. The highest BCUT2D eigenvalue weighted by Crippen LogP contribution is 2.51. The molecule has 2 aromatic rings. The van der Waals surface area contributed by atoms with Crippen LogP contribution in [0, 0.1) is 22.7 Å². The predicted molar refractivity (Wildman–Crippen MR) is 120 cm³/mol. The molecule has 3 fully saturated rings. The number of carboxylic acids is 1. The highest BCUT2D eigenvalue weighted by Gasteiger charge is 2.57. The molecule has 8 nitrogen and oxygen atoms in total. The van der Waals surface area contributed by atoms with E-state index in [0.717, 1.165) is 30.5 Å². The molecule has 1 aromatic carbocycles. The maximum Gasteiger partial charge on any atom is 0.314 e. The zero-order valence-electron chi connectivity index (χ0n) is 17.5. The molecular weight excluding hydrogens is 430 g/mol. The number of rotatable bonds is 6. The number of anilines is 3. The van der Waals surface area contributed by atoms with Crippen molar-refractivity contribution in [2.24, 2.45) is 11.3 Å². The van der Waals surface area contributed by atoms with Gasteiger partial charge in [0.2, 0.25) is 11.9 Å². The van der Waals surface area contributed by atoms with Gasteiger partial charge in [0, 0.05) is 18.4 Å². The van der Waals surface area contributed by atoms with Gasteiger partial charge in [-0.1, -0.05) is 18.6 Å². The summed E-state index contributed by atoms with van der Waals surface area (Å²) in [6.07, 6.45) is 6.24. The van der Waals surface area contributed by atoms with Crippen molar-refractivity contribution in [2.75, 3.05) is 16.8 Å². The molecule has 9 heteroatoms. The number of hydrogen-bond acceptors (Lipinski definition) is 6. The number of carboxylic acid groups (broad SMARTS) is 1. The summed E-state index contributed by atoms with van der Waals surface area (Å²) in [5.74, 6) is 0.0563. The van der Waals surface area contributed by atoms with E-state index in [1.807, 2.05) is 24.3 Å². The first-order valence-corrected chi connectivity index (χ1v) is 10.7. The van der Waals surface area contributed by atoms with Crippen LogP contribution in [0.1, 0.15) is 44.1 Å². The fraction of sp³-hybridized carbons (Fsp3) is 0.435. The van der Waals surface area contributed by atoms with E-state index in [2.05, 4.69) is 21.4 Å². The molecule has 1 aliphatic heterocycles. The molecule has 32 heavy (non-hydrogen) atoms. The van der Waals surface area contributed by atoms with E-state index in [1.54, 1.807) is 17.2 Å². The second kappa shape index (κ2) is 8.06. The lowest BCUT2D eigenvalue weighted by Crippen LogP contribution is -2.42. The number of nitrogens with one attached hydrogen (secondary N) is 1. The Labute approximate surface area is 192 Å². The third kappa shape index (κ3) is 3.37. The van der Waals surface area contributed by atoms with Crippen molar-refractivity contribution in [2.45, 2.75) is 43.9 Å². The molecule has 166 valence electrons. The van der Waals surface area contributed by atoms with Crippen molar-refractivity contribution in [3.63, 3.8) is 0 Å². The maximum atomic E-state index is 13.0. The zero-order valence-corrected chi connectivity index (χ0v) is 18.3. The van der Waals surface area contributed by atoms with Gasteiger partial charge >= 0.3 is 5.97 Å². The van der Waals surface area contributed by atoms with Crippen LogP contribution in [0.15, 0.2) is 36.5 Å². The number of halogens is 1. The molecule has 5 rings (SSSR count). The minimum Gasteiger partial charge on any atom is -0.481 e. The first kappa shape index (κ1) is 22.0. The van der Waals surface area contributed by atoms with E-state index in [4.69, 9.17) is 0 Å². The smallest absolute Gasteiger partial charge is 0.314 e. The molecule has 0 bridgehead atoms. The lowest BCUT2D eigenvalue weighted by molar-refractivity contribution is -0.147. The molecule has 1 amide bonds. The zero-order chi connectivity index (χ0) is 21.6. The summed E-state index contributed by atoms with van der Waals surface area (Å²) in [6, 6.07) is 11.3. The van der Waals surface area contributed by atoms with Crippen LogP contribution in [-0.2, 0) is 15.0 Å². The van der Waals surface area contributed by atoms with Crippen LogP contribution < -0.4 is 10.2 Å². The van der Waals surface area contributed by atoms with E-state index in [9.17, 15) is 20.0 Å². The number of benzene rings is 1. The van der Waals surface area contributed by atoms with Crippen LogP contribution in [-0.4, -0.2) is 33.5 Å². The summed E-state index contributed by atoms with van der Waals surface area (Å²) in [6.45, 7) is 0.477. The van der Waals surface area contributed by atoms with Gasteiger partial charge in [0.25, 0.3) is 0 Å². The molecule has 2 saturated carbocycles. The summed E-state index contributed by atoms with van der Waals surface area (Å²) >= 11 is 0. The van der Waals surface area contributed by atoms with Gasteiger partial charge in [-0.05, 0) is 61.8 Å². The van der Waals surface area contributed by atoms with E-state index in [1.165, 1.54) is 0 Å². The molecule has 2 aliphatic carbocycles. The predicted octanol–water partition coefficient (Wildman–Crippen LogP) is 3.80. The summed E-state index contributed by atoms with van der Waals surface area (Å²) in [5, 5.41) is 22.4. The molecule has 1 aromatic heterocycles. The molecule has 2 heterocycles. The Balaban J connectivity index is 0.00000245. The number of carbonyl (C=O) groups excluding carboxylic acids is 1. The van der Waals surface area contributed by atoms with Gasteiger partial charge in [0.15, 0.2) is 0 Å². The third-order valence-corrected chi connectivity index (χ3v) is 7.06. The Bertz CT molecular complexity index is 1090. The van der Waals surface area contributed by atoms with Crippen molar-refractivity contribution < 1.29 is 14.7 Å². The lowest BCUT2D eigenvalue weighted by Gasteiger charge is -2.38. The Kier molecular flexibility index (Phi) is 5.55. The monoisotopic (exact) mass is 453 g/mol. The highest BCUT2D eigenvalue weighted by molar-refractivity contribution is 6.01. The summed E-state index contributed by atoms with van der Waals surface area (Å²) < 4.78 is 0. The number of aromatic nitrogens is 2. The highest BCUT2D eigenvalue weighted by atomic mass is 35.5. The van der Waals surface area contributed by atoms with E-state index < -0.39 is 16.8 Å². The standard InChI is InChI=1S/C23H23N5O3.ClH/c24-14-23(16-2-3-16)11-13-28(19(23)29)18-8-12-25-21(27-18)26-17-6-4-15(5-7-17)22(20(30)31)9-1-10-22;/h4-8,12,16H,1-3,9-11,13H2,(H,30,31)(H,25,26,27);1H/t23-;/m1./s1. The summed E-state index contributed by atoms with van der Waals surface area (Å²) in [7, 11) is 0. The van der Waals surface area contributed by atoms with Crippen molar-refractivity contribution in [3.8, 4) is 6.07 Å². The maximum absolute atomic E-state index is 13.0. The lowest BCUT2D eigenvalue weighted by atomic mass is 9.64. The number of amides is 1. The number of carbonyl (C=O) groups is 2. The largest absolute Gasteiger partial charge is 0.481 e. The Morgan fingerprint density at radius 1 is 1.19 bits per heavy atom. The van der Waals surface area contributed by atoms with Crippen LogP contribution in [0.3, 0.4) is 0 Å². The van der Waals surface area contributed by atoms with Gasteiger partial charge in [-0.2, -0.15) is 10.2 Å². The van der Waals surface area contributed by atoms with Gasteiger partial charge in [0.05, 0.1) is 11.5 Å². The van der Waals surface area contributed by atoms with Gasteiger partial charge in [0.1, 0.15) is 11.2 Å². The van der Waals surface area contributed by atoms with Crippen LogP contribution in [0.25, 0.3) is 0 Å². The SMILES string of the molecule is Cl.N#C[C@@]1(C2CC2)CCN(c2ccnc(Nc3ccc(C4(C(=O)O)CCC4)cc3)n2)C1=O. The number of hydrogen-bond donors (Lipinski definition) is 2. The van der Waals surface area contributed by atoms with Crippen molar-refractivity contribution in [3.05, 3.63) is 42.1 Å². The Hall–Kier alpha value is -3.18. The number of nitriles is 1. The molecule has 1 saturated heterocycles. The average molecular weight is 454 g/mol. The number of nitrogens with zero attached hydrogens (tertiary/aromatic N) is 4. The summed E-state index contributed by atoms with van der Waals surface area (Å²) in [4.78, 5) is 35.0. The first-order chi connectivity index (χ1) is 15.0. The van der Waals surface area contributed by atoms with Gasteiger partial charge in [-0.25, -0.2) is 4.98 Å². The van der Waals surface area contributed by atoms with Crippen LogP contribution in [0.4, 0.5) is 17.5 Å². The van der Waals surface area contributed by atoms with Gasteiger partial charge in [-0.15, -0.1) is 12.4 Å². The first-order valence-electron chi connectivity index (χ1n) is 10.7. The molecule has 0 unspecified atom stereocenters. The minimum absolute atomic E-state index is 0. The van der Waals surface area contributed by atoms with Crippen LogP contribution >= 0.6 is 12.4 Å². The molecule has 1 atom stereocenters. The van der Waals surface area contributed by atoms with Crippen LogP contribution in [0.2, 0.25) is 0 Å². The second-order valence-electron chi connectivity index (χ2n) is 8.75. The average Bonchev–Trinajstić information content (AvgIpc) is 3.52. The van der Waals surface area contributed by atoms with E-state index in [-0.39, 0.29) is 24.2 Å². The third-order valence-electron chi connectivity index (χ3n) is 7.06. The fourth-order valence-electron chi connectivity index (χ4n) is 4.82. The van der Waals surface area contributed by atoms with Crippen molar-refractivity contribution >= 4 is 41.7 Å². The Morgan fingerprint density at radius 2 is 1.91 bits per heavy atom. The molecule has 0 spiro atoms. The minimum atomic E-state index is -0.907. The van der Waals surface area contributed by atoms with Crippen LogP contribution in [0.5, 0.6) is 0 Å². The van der Waals surface area contributed by atoms with Gasteiger partial charge in [-0.3, -0.25) is 14.5 Å². The summed E-state index contributed by atoms with van der Waals surface area (Å²) in [5.41, 5.74) is -0.129. The fourth-order valence-corrected chi connectivity index (χ4v) is 4.82. The molecular formula is C23H24ClN5O3. The van der Waals surface area contributed by atoms with Gasteiger partial charge < -0.3 is 10.4 Å². The molecule has 0 radical (unpaired) electrons. The topological polar surface area (TPSA) is 119 Å². The van der Waals surface area contributed by atoms with E-state index in [0.29, 0.717) is 37.6 Å². The van der Waals surface area contributed by atoms with E-state index >= 15 is 0 Å². The van der Waals surface area contributed by atoms with Crippen molar-refractivity contribution in [1.82, 2.24) is 9.97 Å². The second-order valence-corrected chi connectivity index (χ2v) is 8.75.